The molecule has 1 unspecified atom stereocenters. The van der Waals surface area contributed by atoms with E-state index in [4.69, 9.17) is 9.15 Å². The third-order valence-corrected chi connectivity index (χ3v) is 4.93. The summed E-state index contributed by atoms with van der Waals surface area (Å²) in [4.78, 5) is 17.3. The van der Waals surface area contributed by atoms with Crippen LogP contribution in [0.15, 0.2) is 59.1 Å². The van der Waals surface area contributed by atoms with E-state index in [0.717, 1.165) is 35.4 Å². The average molecular weight is 362 g/mol. The Morgan fingerprint density at radius 3 is 2.63 bits per heavy atom. The summed E-state index contributed by atoms with van der Waals surface area (Å²) >= 11 is 0. The van der Waals surface area contributed by atoms with Crippen LogP contribution in [-0.4, -0.2) is 18.0 Å². The molecule has 1 aromatic carbocycles. The summed E-state index contributed by atoms with van der Waals surface area (Å²) in [5, 5.41) is 3.12. The predicted octanol–water partition coefficient (Wildman–Crippen LogP) is 4.54. The molecule has 0 bridgehead atoms. The summed E-state index contributed by atoms with van der Waals surface area (Å²) in [7, 11) is 1.63. The van der Waals surface area contributed by atoms with Crippen LogP contribution in [0.3, 0.4) is 0 Å². The number of aryl methyl sites for hydroxylation is 1. The first kappa shape index (κ1) is 17.3. The minimum Gasteiger partial charge on any atom is -0.497 e. The molecule has 4 rings (SSSR count). The maximum absolute atomic E-state index is 12.8. The Labute approximate surface area is 158 Å². The van der Waals surface area contributed by atoms with Crippen LogP contribution in [0.4, 0.5) is 0 Å². The van der Waals surface area contributed by atoms with Gasteiger partial charge in [0.05, 0.1) is 18.8 Å². The minimum absolute atomic E-state index is 0.0757. The second-order valence-corrected chi connectivity index (χ2v) is 6.89. The highest BCUT2D eigenvalue weighted by atomic mass is 16.5. The largest absolute Gasteiger partial charge is 0.497 e. The van der Waals surface area contributed by atoms with Gasteiger partial charge in [0, 0.05) is 11.8 Å². The Morgan fingerprint density at radius 2 is 1.96 bits per heavy atom. The lowest BCUT2D eigenvalue weighted by atomic mass is 10.0. The van der Waals surface area contributed by atoms with Gasteiger partial charge in [0.2, 0.25) is 0 Å². The smallest absolute Gasteiger partial charge is 0.287 e. The molecular weight excluding hydrogens is 340 g/mol. The number of methoxy groups -OCH3 is 1. The molecule has 27 heavy (non-hydrogen) atoms. The number of hydrogen-bond acceptors (Lipinski definition) is 4. The SMILES string of the molecule is COc1ccc(-c2ccc(C(=O)NC(c3ncccc3C)C3CC3)o2)cc1. The monoisotopic (exact) mass is 362 g/mol. The second-order valence-electron chi connectivity index (χ2n) is 6.89. The third kappa shape index (κ3) is 3.72. The normalized spacial score (nSPS) is 14.6. The molecule has 0 radical (unpaired) electrons. The molecule has 0 aliphatic heterocycles. The first-order chi connectivity index (χ1) is 13.2. The summed E-state index contributed by atoms with van der Waals surface area (Å²) in [6, 6.07) is 14.9. The van der Waals surface area contributed by atoms with Gasteiger partial charge >= 0.3 is 0 Å². The first-order valence-corrected chi connectivity index (χ1v) is 9.12. The zero-order valence-electron chi connectivity index (χ0n) is 15.4. The second kappa shape index (κ2) is 7.27. The maximum atomic E-state index is 12.8. The number of nitrogens with zero attached hydrogens (tertiary/aromatic N) is 1. The molecule has 5 nitrogen and oxygen atoms in total. The zero-order chi connectivity index (χ0) is 18.8. The standard InChI is InChI=1S/C22H22N2O3/c1-14-4-3-13-23-20(14)21(16-5-6-16)24-22(25)19-12-11-18(27-19)15-7-9-17(26-2)10-8-15/h3-4,7-13,16,21H,5-6H2,1-2H3,(H,24,25). The van der Waals surface area contributed by atoms with Gasteiger partial charge in [-0.05, 0) is 73.7 Å². The van der Waals surface area contributed by atoms with E-state index < -0.39 is 0 Å². The van der Waals surface area contributed by atoms with Crippen molar-refractivity contribution in [3.05, 3.63) is 71.7 Å². The lowest BCUT2D eigenvalue weighted by molar-refractivity contribution is 0.0903. The molecule has 0 spiro atoms. The molecule has 3 aromatic rings. The van der Waals surface area contributed by atoms with Crippen molar-refractivity contribution in [1.29, 1.82) is 0 Å². The number of hydrogen-bond donors (Lipinski definition) is 1. The maximum Gasteiger partial charge on any atom is 0.287 e. The summed E-state index contributed by atoms with van der Waals surface area (Å²) < 4.78 is 11.0. The van der Waals surface area contributed by atoms with E-state index in [1.165, 1.54) is 0 Å². The van der Waals surface area contributed by atoms with Crippen molar-refractivity contribution in [2.75, 3.05) is 7.11 Å². The number of furan rings is 1. The number of pyridine rings is 1. The van der Waals surface area contributed by atoms with Gasteiger partial charge in [-0.15, -0.1) is 0 Å². The van der Waals surface area contributed by atoms with E-state index in [2.05, 4.69) is 10.3 Å². The molecule has 2 aromatic heterocycles. The van der Waals surface area contributed by atoms with Crippen LogP contribution in [0.5, 0.6) is 5.75 Å². The molecule has 1 fully saturated rings. The molecule has 0 saturated heterocycles. The van der Waals surface area contributed by atoms with Gasteiger partial charge in [0.15, 0.2) is 5.76 Å². The van der Waals surface area contributed by atoms with E-state index >= 15 is 0 Å². The number of ether oxygens (including phenoxy) is 1. The molecular formula is C22H22N2O3. The average Bonchev–Trinajstić information content (AvgIpc) is 3.42. The van der Waals surface area contributed by atoms with E-state index in [-0.39, 0.29) is 11.9 Å². The fraction of sp³-hybridized carbons (Fsp3) is 0.273. The Kier molecular flexibility index (Phi) is 4.67. The van der Waals surface area contributed by atoms with Gasteiger partial charge < -0.3 is 14.5 Å². The number of carbonyl (C=O) groups excluding carboxylic acids is 1. The molecule has 2 heterocycles. The number of aromatic nitrogens is 1. The Morgan fingerprint density at radius 1 is 1.19 bits per heavy atom. The highest BCUT2D eigenvalue weighted by Gasteiger charge is 2.35. The fourth-order valence-corrected chi connectivity index (χ4v) is 3.25. The van der Waals surface area contributed by atoms with Crippen molar-refractivity contribution < 1.29 is 13.9 Å². The zero-order valence-corrected chi connectivity index (χ0v) is 15.4. The minimum atomic E-state index is -0.211. The lowest BCUT2D eigenvalue weighted by Crippen LogP contribution is -2.30. The predicted molar refractivity (Wildman–Crippen MR) is 103 cm³/mol. The lowest BCUT2D eigenvalue weighted by Gasteiger charge is -2.18. The number of nitrogens with one attached hydrogen (secondary N) is 1. The summed E-state index contributed by atoms with van der Waals surface area (Å²) in [6.45, 7) is 2.03. The molecule has 1 atom stereocenters. The van der Waals surface area contributed by atoms with E-state index in [1.807, 2.05) is 49.4 Å². The van der Waals surface area contributed by atoms with E-state index in [1.54, 1.807) is 19.4 Å². The van der Waals surface area contributed by atoms with Crippen molar-refractivity contribution in [2.45, 2.75) is 25.8 Å². The van der Waals surface area contributed by atoms with Gasteiger partial charge in [0.1, 0.15) is 11.5 Å². The third-order valence-electron chi connectivity index (χ3n) is 4.93. The Hall–Kier alpha value is -3.08. The van der Waals surface area contributed by atoms with Gasteiger partial charge in [0.25, 0.3) is 5.91 Å². The highest BCUT2D eigenvalue weighted by Crippen LogP contribution is 2.41. The van der Waals surface area contributed by atoms with Crippen LogP contribution in [0, 0.1) is 12.8 Å². The van der Waals surface area contributed by atoms with Crippen LogP contribution in [-0.2, 0) is 0 Å². The molecule has 1 N–H and O–H groups in total. The van der Waals surface area contributed by atoms with Gasteiger partial charge in [-0.25, -0.2) is 0 Å². The molecule has 138 valence electrons. The number of benzene rings is 1. The van der Waals surface area contributed by atoms with E-state index in [0.29, 0.717) is 17.4 Å². The molecule has 1 saturated carbocycles. The van der Waals surface area contributed by atoms with Crippen molar-refractivity contribution >= 4 is 5.91 Å². The van der Waals surface area contributed by atoms with Gasteiger partial charge in [-0.3, -0.25) is 9.78 Å². The van der Waals surface area contributed by atoms with Crippen LogP contribution in [0.2, 0.25) is 0 Å². The Balaban J connectivity index is 1.52. The van der Waals surface area contributed by atoms with E-state index in [9.17, 15) is 4.79 Å². The topological polar surface area (TPSA) is 64.4 Å². The molecule has 1 aliphatic rings. The number of rotatable bonds is 6. The highest BCUT2D eigenvalue weighted by molar-refractivity contribution is 5.92. The van der Waals surface area contributed by atoms with Crippen molar-refractivity contribution in [3.8, 4) is 17.1 Å². The molecule has 1 aliphatic carbocycles. The van der Waals surface area contributed by atoms with Crippen LogP contribution in [0.25, 0.3) is 11.3 Å². The molecule has 5 heteroatoms. The van der Waals surface area contributed by atoms with Gasteiger partial charge in [-0.2, -0.15) is 0 Å². The van der Waals surface area contributed by atoms with Crippen LogP contribution >= 0.6 is 0 Å². The summed E-state index contributed by atoms with van der Waals surface area (Å²) in [5.74, 6) is 1.97. The number of amides is 1. The van der Waals surface area contributed by atoms with Crippen LogP contribution in [0.1, 0.15) is 40.7 Å². The summed E-state index contributed by atoms with van der Waals surface area (Å²) in [6.07, 6.45) is 3.99. The first-order valence-electron chi connectivity index (χ1n) is 9.12. The summed E-state index contributed by atoms with van der Waals surface area (Å²) in [5.41, 5.74) is 2.93. The van der Waals surface area contributed by atoms with Gasteiger partial charge in [-0.1, -0.05) is 6.07 Å². The molecule has 1 amide bonds. The Bertz CT molecular complexity index is 942. The van der Waals surface area contributed by atoms with Crippen molar-refractivity contribution in [3.63, 3.8) is 0 Å². The quantitative estimate of drug-likeness (QED) is 0.699. The van der Waals surface area contributed by atoms with Crippen LogP contribution < -0.4 is 10.1 Å². The van der Waals surface area contributed by atoms with Crippen molar-refractivity contribution in [1.82, 2.24) is 10.3 Å². The van der Waals surface area contributed by atoms with Crippen molar-refractivity contribution in [2.24, 2.45) is 5.92 Å². The fourth-order valence-electron chi connectivity index (χ4n) is 3.25. The number of carbonyl (C=O) groups is 1.